The van der Waals surface area contributed by atoms with Crippen molar-refractivity contribution in [1.82, 2.24) is 0 Å². The molecule has 0 spiro atoms. The lowest BCUT2D eigenvalue weighted by atomic mass is 10.0. The summed E-state index contributed by atoms with van der Waals surface area (Å²) >= 11 is 5.76. The third-order valence-electron chi connectivity index (χ3n) is 2.06. The Balaban J connectivity index is 3.31. The zero-order chi connectivity index (χ0) is 10.7. The van der Waals surface area contributed by atoms with E-state index in [0.717, 1.165) is 17.6 Å². The van der Waals surface area contributed by atoms with E-state index in [9.17, 15) is 4.39 Å². The normalized spacial score (nSPS) is 10.0. The SMILES string of the molecule is C=C(CC)c1ccc(F)c(Cl)c1OC. The summed E-state index contributed by atoms with van der Waals surface area (Å²) in [6, 6.07) is 2.95. The highest BCUT2D eigenvalue weighted by Gasteiger charge is 2.13. The Bertz CT molecular complexity index is 361. The van der Waals surface area contributed by atoms with Crippen LogP contribution in [0.3, 0.4) is 0 Å². The number of rotatable bonds is 3. The van der Waals surface area contributed by atoms with E-state index in [-0.39, 0.29) is 5.02 Å². The second-order valence-corrected chi connectivity index (χ2v) is 3.28. The molecule has 1 rings (SSSR count). The lowest BCUT2D eigenvalue weighted by Gasteiger charge is -2.11. The minimum Gasteiger partial charge on any atom is -0.494 e. The fraction of sp³-hybridized carbons (Fsp3) is 0.273. The first-order valence-electron chi connectivity index (χ1n) is 4.32. The Morgan fingerprint density at radius 2 is 2.21 bits per heavy atom. The Hall–Kier alpha value is -1.02. The molecule has 1 aromatic carbocycles. The molecule has 0 aromatic heterocycles. The van der Waals surface area contributed by atoms with E-state index in [1.807, 2.05) is 6.92 Å². The summed E-state index contributed by atoms with van der Waals surface area (Å²) in [6.45, 7) is 5.83. The van der Waals surface area contributed by atoms with Crippen LogP contribution in [0.25, 0.3) is 5.57 Å². The van der Waals surface area contributed by atoms with Gasteiger partial charge in [0.05, 0.1) is 7.11 Å². The van der Waals surface area contributed by atoms with E-state index in [4.69, 9.17) is 16.3 Å². The molecule has 14 heavy (non-hydrogen) atoms. The van der Waals surface area contributed by atoms with Gasteiger partial charge in [-0.05, 0) is 24.1 Å². The van der Waals surface area contributed by atoms with Crippen molar-refractivity contribution in [2.45, 2.75) is 13.3 Å². The number of methoxy groups -OCH3 is 1. The monoisotopic (exact) mass is 214 g/mol. The second-order valence-electron chi connectivity index (χ2n) is 2.90. The van der Waals surface area contributed by atoms with Crippen LogP contribution >= 0.6 is 11.6 Å². The van der Waals surface area contributed by atoms with Crippen LogP contribution in [0, 0.1) is 5.82 Å². The van der Waals surface area contributed by atoms with Crippen LogP contribution in [-0.4, -0.2) is 7.11 Å². The molecule has 1 aromatic rings. The van der Waals surface area contributed by atoms with E-state index < -0.39 is 5.82 Å². The minimum atomic E-state index is -0.476. The molecular weight excluding hydrogens is 203 g/mol. The Morgan fingerprint density at radius 3 is 2.71 bits per heavy atom. The van der Waals surface area contributed by atoms with E-state index in [1.165, 1.54) is 13.2 Å². The van der Waals surface area contributed by atoms with Crippen LogP contribution < -0.4 is 4.74 Å². The first-order valence-corrected chi connectivity index (χ1v) is 4.69. The summed E-state index contributed by atoms with van der Waals surface area (Å²) in [4.78, 5) is 0. The number of ether oxygens (including phenoxy) is 1. The highest BCUT2D eigenvalue weighted by Crippen LogP contribution is 2.35. The first kappa shape index (κ1) is 11.1. The average Bonchev–Trinajstić information content (AvgIpc) is 2.20. The van der Waals surface area contributed by atoms with Gasteiger partial charge >= 0.3 is 0 Å². The van der Waals surface area contributed by atoms with Gasteiger partial charge in [-0.1, -0.05) is 25.1 Å². The summed E-state index contributed by atoms with van der Waals surface area (Å²) in [5.74, 6) is -0.116. The standard InChI is InChI=1S/C11H12ClFO/c1-4-7(2)8-5-6-9(13)10(12)11(8)14-3/h5-6H,2,4H2,1,3H3. The van der Waals surface area contributed by atoms with E-state index in [0.29, 0.717) is 5.75 Å². The molecule has 0 atom stereocenters. The zero-order valence-electron chi connectivity index (χ0n) is 8.23. The van der Waals surface area contributed by atoms with Gasteiger partial charge in [0.1, 0.15) is 16.6 Å². The number of allylic oxidation sites excluding steroid dienone is 1. The van der Waals surface area contributed by atoms with Gasteiger partial charge in [0.25, 0.3) is 0 Å². The molecule has 1 nitrogen and oxygen atoms in total. The molecule has 0 amide bonds. The average molecular weight is 215 g/mol. The van der Waals surface area contributed by atoms with E-state index in [2.05, 4.69) is 6.58 Å². The third-order valence-corrected chi connectivity index (χ3v) is 2.41. The molecule has 0 radical (unpaired) electrons. The fourth-order valence-corrected chi connectivity index (χ4v) is 1.44. The molecule has 0 bridgehead atoms. The highest BCUT2D eigenvalue weighted by molar-refractivity contribution is 6.32. The van der Waals surface area contributed by atoms with E-state index >= 15 is 0 Å². The molecule has 0 N–H and O–H groups in total. The molecule has 0 aliphatic carbocycles. The molecule has 0 fully saturated rings. The van der Waals surface area contributed by atoms with Crippen LogP contribution in [0.5, 0.6) is 5.75 Å². The molecular formula is C11H12ClFO. The molecule has 76 valence electrons. The van der Waals surface area contributed by atoms with Crippen LogP contribution in [0.15, 0.2) is 18.7 Å². The summed E-state index contributed by atoms with van der Waals surface area (Å²) in [5.41, 5.74) is 1.64. The third kappa shape index (κ3) is 1.90. The van der Waals surface area contributed by atoms with Gasteiger partial charge in [0, 0.05) is 5.56 Å². The number of benzene rings is 1. The predicted molar refractivity (Wildman–Crippen MR) is 57.3 cm³/mol. The van der Waals surface area contributed by atoms with Gasteiger partial charge in [-0.15, -0.1) is 0 Å². The van der Waals surface area contributed by atoms with Crippen LogP contribution in [-0.2, 0) is 0 Å². The van der Waals surface area contributed by atoms with Gasteiger partial charge in [0.15, 0.2) is 0 Å². The molecule has 0 saturated heterocycles. The quantitative estimate of drug-likeness (QED) is 0.741. The summed E-state index contributed by atoms with van der Waals surface area (Å²) in [7, 11) is 1.47. The molecule has 0 saturated carbocycles. The van der Waals surface area contributed by atoms with Crippen molar-refractivity contribution >= 4 is 17.2 Å². The number of halogens is 2. The fourth-order valence-electron chi connectivity index (χ4n) is 1.20. The Kier molecular flexibility index (Phi) is 3.53. The highest BCUT2D eigenvalue weighted by atomic mass is 35.5. The van der Waals surface area contributed by atoms with Gasteiger partial charge in [-0.3, -0.25) is 0 Å². The first-order chi connectivity index (χ1) is 6.61. The topological polar surface area (TPSA) is 9.23 Å². The van der Waals surface area contributed by atoms with E-state index in [1.54, 1.807) is 6.07 Å². The van der Waals surface area contributed by atoms with Crippen molar-refractivity contribution < 1.29 is 9.13 Å². The van der Waals surface area contributed by atoms with Crippen LogP contribution in [0.1, 0.15) is 18.9 Å². The molecule has 0 aliphatic heterocycles. The maximum absolute atomic E-state index is 13.1. The molecule has 0 aliphatic rings. The van der Waals surface area contributed by atoms with Crippen molar-refractivity contribution in [2.24, 2.45) is 0 Å². The Morgan fingerprint density at radius 1 is 1.57 bits per heavy atom. The lowest BCUT2D eigenvalue weighted by Crippen LogP contribution is -1.93. The smallest absolute Gasteiger partial charge is 0.147 e. The minimum absolute atomic E-state index is 0.0135. The van der Waals surface area contributed by atoms with Crippen molar-refractivity contribution in [3.8, 4) is 5.75 Å². The zero-order valence-corrected chi connectivity index (χ0v) is 8.99. The summed E-state index contributed by atoms with van der Waals surface area (Å²) < 4.78 is 18.1. The van der Waals surface area contributed by atoms with Gasteiger partial charge in [-0.2, -0.15) is 0 Å². The summed E-state index contributed by atoms with van der Waals surface area (Å²) in [6.07, 6.45) is 0.776. The van der Waals surface area contributed by atoms with Gasteiger partial charge < -0.3 is 4.74 Å². The predicted octanol–water partition coefficient (Wildman–Crippen LogP) is 3.91. The number of hydrogen-bond acceptors (Lipinski definition) is 1. The summed E-state index contributed by atoms with van der Waals surface area (Å²) in [5, 5.41) is 0.0135. The maximum Gasteiger partial charge on any atom is 0.147 e. The lowest BCUT2D eigenvalue weighted by molar-refractivity contribution is 0.410. The largest absolute Gasteiger partial charge is 0.494 e. The molecule has 3 heteroatoms. The van der Waals surface area contributed by atoms with Crippen molar-refractivity contribution in [3.05, 3.63) is 35.1 Å². The van der Waals surface area contributed by atoms with Crippen molar-refractivity contribution in [1.29, 1.82) is 0 Å². The van der Waals surface area contributed by atoms with Crippen molar-refractivity contribution in [2.75, 3.05) is 7.11 Å². The Labute approximate surface area is 88.1 Å². The van der Waals surface area contributed by atoms with Crippen molar-refractivity contribution in [3.63, 3.8) is 0 Å². The second kappa shape index (κ2) is 4.47. The molecule has 0 unspecified atom stereocenters. The number of hydrogen-bond donors (Lipinski definition) is 0. The van der Waals surface area contributed by atoms with Gasteiger partial charge in [-0.25, -0.2) is 4.39 Å². The van der Waals surface area contributed by atoms with Crippen LogP contribution in [0.2, 0.25) is 5.02 Å². The van der Waals surface area contributed by atoms with Gasteiger partial charge in [0.2, 0.25) is 0 Å². The maximum atomic E-state index is 13.1. The molecule has 0 heterocycles. The van der Waals surface area contributed by atoms with Crippen LogP contribution in [0.4, 0.5) is 4.39 Å².